The number of ether oxygens (including phenoxy) is 3. The number of cyclic esters (lactones) is 2. The van der Waals surface area contributed by atoms with Gasteiger partial charge in [-0.05, 0) is 85.0 Å². The summed E-state index contributed by atoms with van der Waals surface area (Å²) in [5.74, 6) is -0.507. The molecule has 0 unspecified atom stereocenters. The fourth-order valence-corrected chi connectivity index (χ4v) is 9.01. The highest BCUT2D eigenvalue weighted by Crippen LogP contribution is 2.32. The molecule has 8 rings (SSSR count). The summed E-state index contributed by atoms with van der Waals surface area (Å²) in [6, 6.07) is 36.4. The quantitative estimate of drug-likeness (QED) is 0.0567. The van der Waals surface area contributed by atoms with Crippen molar-refractivity contribution in [2.45, 2.75) is 90.1 Å². The van der Waals surface area contributed by atoms with Crippen molar-refractivity contribution >= 4 is 71.8 Å². The Labute approximate surface area is 441 Å². The van der Waals surface area contributed by atoms with Crippen molar-refractivity contribution in [3.63, 3.8) is 0 Å². The third kappa shape index (κ3) is 17.5. The van der Waals surface area contributed by atoms with Crippen molar-refractivity contribution in [3.8, 4) is 11.5 Å². The van der Waals surface area contributed by atoms with Crippen LogP contribution in [-0.2, 0) is 31.9 Å². The van der Waals surface area contributed by atoms with E-state index in [1.54, 1.807) is 36.4 Å². The van der Waals surface area contributed by atoms with Gasteiger partial charge in [0.25, 0.3) is 0 Å². The van der Waals surface area contributed by atoms with Crippen molar-refractivity contribution in [2.24, 2.45) is 0 Å². The maximum atomic E-state index is 13.3. The molecule has 6 aromatic rings. The molecule has 1 N–H and O–H groups in total. The number of benzene rings is 4. The summed E-state index contributed by atoms with van der Waals surface area (Å²) in [6.45, 7) is 1.01. The normalized spacial score (nSPS) is 15.6. The number of hydrogen-bond acceptors (Lipinski definition) is 12. The minimum absolute atomic E-state index is 0. The van der Waals surface area contributed by atoms with Gasteiger partial charge in [0.15, 0.2) is 0 Å². The number of phenols is 1. The average molecular weight is 1170 g/mol. The number of aromatic nitrogens is 2. The number of carbonyl (C=O) groups excluding carboxylic acids is 4. The van der Waals surface area contributed by atoms with Crippen LogP contribution in [0.3, 0.4) is 0 Å². The van der Waals surface area contributed by atoms with Gasteiger partial charge in [-0.1, -0.05) is 158 Å². The third-order valence-electron chi connectivity index (χ3n) is 11.4. The van der Waals surface area contributed by atoms with Gasteiger partial charge in [-0.15, -0.1) is 0 Å². The van der Waals surface area contributed by atoms with E-state index in [2.05, 4.69) is 58.1 Å². The van der Waals surface area contributed by atoms with E-state index in [0.29, 0.717) is 30.8 Å². The first-order chi connectivity index (χ1) is 33.7. The number of amides is 4. The van der Waals surface area contributed by atoms with Crippen LogP contribution >= 0.6 is 47.8 Å². The van der Waals surface area contributed by atoms with E-state index in [1.165, 1.54) is 35.2 Å². The first-order valence-electron chi connectivity index (χ1n) is 22.7. The van der Waals surface area contributed by atoms with Crippen molar-refractivity contribution in [1.82, 2.24) is 20.1 Å². The molecule has 17 heteroatoms. The van der Waals surface area contributed by atoms with Gasteiger partial charge in [0.05, 0.1) is 30.1 Å². The zero-order valence-electron chi connectivity index (χ0n) is 38.0. The number of carbonyl (C=O) groups is 4. The number of hydrogen-bond donors (Lipinski definition) is 1. The lowest BCUT2D eigenvalue weighted by Gasteiger charge is -2.22. The van der Waals surface area contributed by atoms with E-state index in [4.69, 9.17) is 23.3 Å². The Hall–Kier alpha value is -5.78. The standard InChI is InChI=1S/C26H27BrN2O5.C22H20N2O5.C4H8Br2.2CH4/c27-13-4-5-14-32-22-10-8-20(9-11-22)23(24-12-15-34-28-24)17-25(30)29-21(18-33-26(29)31)16-19-6-2-1-3-7-19;25-18-8-6-16(7-9-18)19(20-10-11-29-23-20)13-21(26)24-17(14-28-22(24)27)12-15-4-2-1-3-5-15;5-3-1-2-4-6;;/h1-3,6-12,15,21,23H,4-5,13-14,16-18H2;1-11,17,19,25H,12-14H2;1-4H2;2*1H4/t21-,23-;17-,19-;;;/m00.../s1. The summed E-state index contributed by atoms with van der Waals surface area (Å²) in [4.78, 5) is 53.6. The molecule has 4 amide bonds. The lowest BCUT2D eigenvalue weighted by atomic mass is 9.91. The van der Waals surface area contributed by atoms with Gasteiger partial charge in [-0.2, -0.15) is 0 Å². The zero-order chi connectivity index (χ0) is 48.8. The molecule has 71 heavy (non-hydrogen) atoms. The largest absolute Gasteiger partial charge is 0.508 e. The van der Waals surface area contributed by atoms with Crippen LogP contribution in [-0.4, -0.2) is 97.1 Å². The molecule has 0 bridgehead atoms. The summed E-state index contributed by atoms with van der Waals surface area (Å²) in [5.41, 5.74) is 4.96. The summed E-state index contributed by atoms with van der Waals surface area (Å²) >= 11 is 10.1. The van der Waals surface area contributed by atoms with Crippen LogP contribution in [0.1, 0.15) is 98.9 Å². The van der Waals surface area contributed by atoms with Gasteiger partial charge in [-0.25, -0.2) is 19.4 Å². The molecule has 0 radical (unpaired) electrons. The molecule has 4 atom stereocenters. The molecule has 0 spiro atoms. The Morgan fingerprint density at radius 3 is 1.39 bits per heavy atom. The number of nitrogens with zero attached hydrogens (tertiary/aromatic N) is 4. The topological polar surface area (TPSA) is 175 Å². The maximum Gasteiger partial charge on any atom is 0.416 e. The van der Waals surface area contributed by atoms with Crippen molar-refractivity contribution in [3.05, 3.63) is 167 Å². The van der Waals surface area contributed by atoms with Gasteiger partial charge in [0.2, 0.25) is 11.8 Å². The molecule has 14 nitrogen and oxygen atoms in total. The fraction of sp³-hybridized carbons (Fsp3) is 0.370. The van der Waals surface area contributed by atoms with E-state index in [9.17, 15) is 24.3 Å². The van der Waals surface area contributed by atoms with E-state index in [-0.39, 0.29) is 76.5 Å². The third-order valence-corrected chi connectivity index (χ3v) is 13.0. The molecule has 4 heterocycles. The SMILES string of the molecule is BrCCCCBr.C.C.O=C(C[C@@H](c1ccc(O)cc1)c1ccon1)N1C(=O)OC[C@@H]1Cc1ccccc1.O=C(C[C@@H](c1ccc(OCCCCBr)cc1)c1ccon1)N1C(=O)OC[C@@H]1Cc1ccccc1. The van der Waals surface area contributed by atoms with Gasteiger partial charge >= 0.3 is 12.2 Å². The molecule has 2 saturated heterocycles. The lowest BCUT2D eigenvalue weighted by molar-refractivity contribution is -0.130. The molecular formula is C54H63Br3N4O10. The molecule has 2 aromatic heterocycles. The van der Waals surface area contributed by atoms with E-state index in [0.717, 1.165) is 56.8 Å². The zero-order valence-corrected chi connectivity index (χ0v) is 42.7. The van der Waals surface area contributed by atoms with Gasteiger partial charge in [0, 0.05) is 52.8 Å². The predicted octanol–water partition coefficient (Wildman–Crippen LogP) is 12.7. The smallest absolute Gasteiger partial charge is 0.416 e. The number of phenolic OH excluding ortho intramolecular Hbond substituents is 1. The number of imide groups is 2. The Morgan fingerprint density at radius 2 is 1.00 bits per heavy atom. The summed E-state index contributed by atoms with van der Waals surface area (Å²) < 4.78 is 26.2. The highest BCUT2D eigenvalue weighted by Gasteiger charge is 2.40. The molecule has 4 aromatic carbocycles. The van der Waals surface area contributed by atoms with Gasteiger partial charge in [-0.3, -0.25) is 9.59 Å². The molecule has 2 fully saturated rings. The monoisotopic (exact) mass is 1160 g/mol. The van der Waals surface area contributed by atoms with E-state index >= 15 is 0 Å². The molecule has 2 aliphatic rings. The molecule has 380 valence electrons. The second-order valence-electron chi connectivity index (χ2n) is 16.2. The van der Waals surface area contributed by atoms with Crippen molar-refractivity contribution in [1.29, 1.82) is 0 Å². The van der Waals surface area contributed by atoms with Crippen LogP contribution in [0.5, 0.6) is 11.5 Å². The number of aromatic hydroxyl groups is 1. The number of unbranched alkanes of at least 4 members (excludes halogenated alkanes) is 2. The Balaban J connectivity index is 0.000000272. The Morgan fingerprint density at radius 1 is 0.592 bits per heavy atom. The second-order valence-corrected chi connectivity index (χ2v) is 18.6. The number of rotatable bonds is 20. The number of alkyl halides is 3. The van der Waals surface area contributed by atoms with Crippen LogP contribution in [0.4, 0.5) is 9.59 Å². The van der Waals surface area contributed by atoms with Gasteiger partial charge in [0.1, 0.15) is 37.2 Å². The van der Waals surface area contributed by atoms with Crippen LogP contribution in [0.25, 0.3) is 0 Å². The Kier molecular flexibility index (Phi) is 25.1. The average Bonchev–Trinajstić information content (AvgIpc) is 4.23. The highest BCUT2D eigenvalue weighted by atomic mass is 79.9. The molecule has 0 aliphatic carbocycles. The summed E-state index contributed by atoms with van der Waals surface area (Å²) in [6.07, 6.45) is 7.47. The minimum atomic E-state index is -0.624. The molecule has 0 saturated carbocycles. The minimum Gasteiger partial charge on any atom is -0.508 e. The van der Waals surface area contributed by atoms with Crippen LogP contribution < -0.4 is 4.74 Å². The van der Waals surface area contributed by atoms with Crippen LogP contribution in [0, 0.1) is 0 Å². The maximum absolute atomic E-state index is 13.3. The fourth-order valence-electron chi connectivity index (χ4n) is 7.82. The van der Waals surface area contributed by atoms with Crippen LogP contribution in [0.2, 0.25) is 0 Å². The van der Waals surface area contributed by atoms with E-state index in [1.807, 2.05) is 84.9 Å². The molecule has 2 aliphatic heterocycles. The summed E-state index contributed by atoms with van der Waals surface area (Å²) in [7, 11) is 0. The second kappa shape index (κ2) is 30.8. The Bertz CT molecular complexity index is 2440. The van der Waals surface area contributed by atoms with E-state index < -0.39 is 18.1 Å². The predicted molar refractivity (Wildman–Crippen MR) is 284 cm³/mol. The summed E-state index contributed by atoms with van der Waals surface area (Å²) in [5, 5.41) is 20.8. The first kappa shape index (κ1) is 57.8. The lowest BCUT2D eigenvalue weighted by Crippen LogP contribution is -2.40. The van der Waals surface area contributed by atoms with Crippen molar-refractivity contribution in [2.75, 3.05) is 35.8 Å². The van der Waals surface area contributed by atoms with Gasteiger partial charge < -0.3 is 28.4 Å². The van der Waals surface area contributed by atoms with Crippen molar-refractivity contribution < 1.29 is 47.5 Å². The highest BCUT2D eigenvalue weighted by molar-refractivity contribution is 9.09. The molecular weight excluding hydrogens is 1100 g/mol. The van der Waals surface area contributed by atoms with Crippen LogP contribution in [0.15, 0.2) is 143 Å². The first-order valence-corrected chi connectivity index (χ1v) is 26.1. The number of halogens is 3.